The maximum atomic E-state index is 5.70. The summed E-state index contributed by atoms with van der Waals surface area (Å²) in [4.78, 5) is 0. The summed E-state index contributed by atoms with van der Waals surface area (Å²) in [7, 11) is 0. The third-order valence-corrected chi connectivity index (χ3v) is 2.28. The zero-order valence-corrected chi connectivity index (χ0v) is 9.95. The van der Waals surface area contributed by atoms with Crippen molar-refractivity contribution in [3.63, 3.8) is 0 Å². The molecule has 3 nitrogen and oxygen atoms in total. The van der Waals surface area contributed by atoms with Gasteiger partial charge in [-0.1, -0.05) is 12.1 Å². The van der Waals surface area contributed by atoms with E-state index in [1.165, 1.54) is 5.56 Å². The largest absolute Gasteiger partial charge is 0.399 e. The van der Waals surface area contributed by atoms with Gasteiger partial charge in [-0.05, 0) is 37.5 Å². The Labute approximate surface area is 97.6 Å². The van der Waals surface area contributed by atoms with E-state index in [0.717, 1.165) is 31.7 Å². The molecule has 90 valence electrons. The molecule has 16 heavy (non-hydrogen) atoms. The minimum Gasteiger partial charge on any atom is -0.399 e. The van der Waals surface area contributed by atoms with E-state index in [2.05, 4.69) is 6.07 Å². The Kier molecular flexibility index (Phi) is 6.61. The van der Waals surface area contributed by atoms with Crippen molar-refractivity contribution in [1.82, 2.24) is 0 Å². The van der Waals surface area contributed by atoms with Crippen LogP contribution in [0.4, 0.5) is 5.69 Å². The van der Waals surface area contributed by atoms with Crippen molar-refractivity contribution >= 4 is 5.69 Å². The number of nitrogens with two attached hydrogens (primary N) is 1. The van der Waals surface area contributed by atoms with Crippen LogP contribution in [0.15, 0.2) is 24.3 Å². The molecule has 0 heterocycles. The SMILES string of the molecule is CCOCCOCCCc1cccc(N)c1. The summed E-state index contributed by atoms with van der Waals surface area (Å²) >= 11 is 0. The number of hydrogen-bond donors (Lipinski definition) is 1. The van der Waals surface area contributed by atoms with E-state index in [-0.39, 0.29) is 0 Å². The lowest BCUT2D eigenvalue weighted by atomic mass is 10.1. The second-order valence-electron chi connectivity index (χ2n) is 3.66. The number of aryl methyl sites for hydroxylation is 1. The molecule has 0 saturated carbocycles. The molecular formula is C13H21NO2. The van der Waals surface area contributed by atoms with Crippen LogP contribution in [-0.2, 0) is 15.9 Å². The minimum absolute atomic E-state index is 0.685. The number of anilines is 1. The maximum Gasteiger partial charge on any atom is 0.0700 e. The summed E-state index contributed by atoms with van der Waals surface area (Å²) in [6, 6.07) is 8.00. The van der Waals surface area contributed by atoms with Crippen LogP contribution >= 0.6 is 0 Å². The molecule has 0 fully saturated rings. The highest BCUT2D eigenvalue weighted by Crippen LogP contribution is 2.08. The Bertz CT molecular complexity index is 289. The highest BCUT2D eigenvalue weighted by atomic mass is 16.5. The lowest BCUT2D eigenvalue weighted by Crippen LogP contribution is -2.05. The van der Waals surface area contributed by atoms with Gasteiger partial charge < -0.3 is 15.2 Å². The number of nitrogen functional groups attached to an aromatic ring is 1. The number of ether oxygens (including phenoxy) is 2. The highest BCUT2D eigenvalue weighted by Gasteiger charge is 1.94. The van der Waals surface area contributed by atoms with E-state index >= 15 is 0 Å². The summed E-state index contributed by atoms with van der Waals surface area (Å²) in [5.74, 6) is 0. The molecular weight excluding hydrogens is 202 g/mol. The van der Waals surface area contributed by atoms with Gasteiger partial charge in [-0.3, -0.25) is 0 Å². The second kappa shape index (κ2) is 8.13. The molecule has 3 heteroatoms. The molecule has 0 radical (unpaired) electrons. The van der Waals surface area contributed by atoms with Crippen LogP contribution in [-0.4, -0.2) is 26.4 Å². The summed E-state index contributed by atoms with van der Waals surface area (Å²) in [5, 5.41) is 0. The molecule has 0 spiro atoms. The van der Waals surface area contributed by atoms with Crippen LogP contribution in [0.5, 0.6) is 0 Å². The molecule has 0 bridgehead atoms. The van der Waals surface area contributed by atoms with Gasteiger partial charge in [0.1, 0.15) is 0 Å². The summed E-state index contributed by atoms with van der Waals surface area (Å²) in [6.07, 6.45) is 2.04. The molecule has 0 atom stereocenters. The first-order chi connectivity index (χ1) is 7.83. The van der Waals surface area contributed by atoms with Crippen molar-refractivity contribution in [3.05, 3.63) is 29.8 Å². The van der Waals surface area contributed by atoms with Crippen molar-refractivity contribution in [2.24, 2.45) is 0 Å². The third-order valence-electron chi connectivity index (χ3n) is 2.28. The van der Waals surface area contributed by atoms with Gasteiger partial charge in [0.2, 0.25) is 0 Å². The van der Waals surface area contributed by atoms with Crippen LogP contribution in [0, 0.1) is 0 Å². The van der Waals surface area contributed by atoms with E-state index in [4.69, 9.17) is 15.2 Å². The smallest absolute Gasteiger partial charge is 0.0700 e. The Morgan fingerprint density at radius 3 is 2.69 bits per heavy atom. The van der Waals surface area contributed by atoms with Crippen molar-refractivity contribution in [3.8, 4) is 0 Å². The van der Waals surface area contributed by atoms with Crippen molar-refractivity contribution in [2.45, 2.75) is 19.8 Å². The molecule has 0 saturated heterocycles. The fourth-order valence-electron chi connectivity index (χ4n) is 1.49. The average molecular weight is 223 g/mol. The first kappa shape index (κ1) is 13.0. The molecule has 0 aromatic heterocycles. The Morgan fingerprint density at radius 1 is 1.12 bits per heavy atom. The van der Waals surface area contributed by atoms with Gasteiger partial charge in [0.15, 0.2) is 0 Å². The first-order valence-electron chi connectivity index (χ1n) is 5.83. The quantitative estimate of drug-likeness (QED) is 0.543. The minimum atomic E-state index is 0.685. The maximum absolute atomic E-state index is 5.70. The Morgan fingerprint density at radius 2 is 1.94 bits per heavy atom. The van der Waals surface area contributed by atoms with E-state index in [9.17, 15) is 0 Å². The molecule has 0 aliphatic heterocycles. The molecule has 0 unspecified atom stereocenters. The molecule has 1 aromatic rings. The topological polar surface area (TPSA) is 44.5 Å². The number of benzene rings is 1. The lowest BCUT2D eigenvalue weighted by Gasteiger charge is -2.05. The highest BCUT2D eigenvalue weighted by molar-refractivity contribution is 5.40. The molecule has 0 amide bonds. The lowest BCUT2D eigenvalue weighted by molar-refractivity contribution is 0.0520. The number of hydrogen-bond acceptors (Lipinski definition) is 3. The normalized spacial score (nSPS) is 10.6. The Balaban J connectivity index is 2.03. The van der Waals surface area contributed by atoms with Gasteiger partial charge in [0.25, 0.3) is 0 Å². The Hall–Kier alpha value is -1.06. The molecule has 0 aliphatic rings. The zero-order valence-electron chi connectivity index (χ0n) is 9.95. The fourth-order valence-corrected chi connectivity index (χ4v) is 1.49. The molecule has 2 N–H and O–H groups in total. The van der Waals surface area contributed by atoms with Gasteiger partial charge in [0, 0.05) is 18.9 Å². The first-order valence-corrected chi connectivity index (χ1v) is 5.83. The predicted octanol–water partition coefficient (Wildman–Crippen LogP) is 2.25. The number of rotatable bonds is 8. The predicted molar refractivity (Wildman–Crippen MR) is 66.5 cm³/mol. The van der Waals surface area contributed by atoms with Crippen LogP contribution in [0.1, 0.15) is 18.9 Å². The van der Waals surface area contributed by atoms with Crippen molar-refractivity contribution in [2.75, 3.05) is 32.2 Å². The van der Waals surface area contributed by atoms with Crippen LogP contribution in [0.3, 0.4) is 0 Å². The van der Waals surface area contributed by atoms with Crippen LogP contribution in [0.2, 0.25) is 0 Å². The molecule has 1 aromatic carbocycles. The van der Waals surface area contributed by atoms with E-state index in [0.29, 0.717) is 13.2 Å². The second-order valence-corrected chi connectivity index (χ2v) is 3.66. The van der Waals surface area contributed by atoms with Gasteiger partial charge in [-0.15, -0.1) is 0 Å². The average Bonchev–Trinajstić information content (AvgIpc) is 2.28. The van der Waals surface area contributed by atoms with Gasteiger partial charge in [0.05, 0.1) is 13.2 Å². The summed E-state index contributed by atoms with van der Waals surface area (Å²) in [6.45, 7) is 4.90. The van der Waals surface area contributed by atoms with E-state index in [1.807, 2.05) is 25.1 Å². The van der Waals surface area contributed by atoms with Crippen molar-refractivity contribution in [1.29, 1.82) is 0 Å². The van der Waals surface area contributed by atoms with Crippen LogP contribution < -0.4 is 5.73 Å². The molecule has 1 rings (SSSR count). The van der Waals surface area contributed by atoms with Crippen molar-refractivity contribution < 1.29 is 9.47 Å². The summed E-state index contributed by atoms with van der Waals surface area (Å²) < 4.78 is 10.6. The van der Waals surface area contributed by atoms with Gasteiger partial charge in [-0.2, -0.15) is 0 Å². The van der Waals surface area contributed by atoms with Crippen LogP contribution in [0.25, 0.3) is 0 Å². The molecule has 0 aliphatic carbocycles. The van der Waals surface area contributed by atoms with E-state index in [1.54, 1.807) is 0 Å². The monoisotopic (exact) mass is 223 g/mol. The fraction of sp³-hybridized carbons (Fsp3) is 0.538. The summed E-state index contributed by atoms with van der Waals surface area (Å²) in [5.41, 5.74) is 7.80. The third kappa shape index (κ3) is 5.73. The zero-order chi connectivity index (χ0) is 11.6. The van der Waals surface area contributed by atoms with Gasteiger partial charge >= 0.3 is 0 Å². The van der Waals surface area contributed by atoms with E-state index < -0.39 is 0 Å². The standard InChI is InChI=1S/C13H21NO2/c1-2-15-9-10-16-8-4-6-12-5-3-7-13(14)11-12/h3,5,7,11H,2,4,6,8-10,14H2,1H3. The van der Waals surface area contributed by atoms with Gasteiger partial charge in [-0.25, -0.2) is 0 Å².